The highest BCUT2D eigenvalue weighted by atomic mass is 35.5. The lowest BCUT2D eigenvalue weighted by Crippen LogP contribution is -2.45. The minimum atomic E-state index is -0.552. The molecule has 1 aromatic rings. The Morgan fingerprint density at radius 2 is 1.79 bits per heavy atom. The number of benzene rings is 1. The quantitative estimate of drug-likeness (QED) is 0.713. The lowest BCUT2D eigenvalue weighted by atomic mass is 10.1. The van der Waals surface area contributed by atoms with E-state index in [0.717, 1.165) is 6.54 Å². The van der Waals surface area contributed by atoms with Crippen LogP contribution in [0.5, 0.6) is 0 Å². The molecule has 0 aromatic heterocycles. The van der Waals surface area contributed by atoms with Crippen LogP contribution in [0.2, 0.25) is 10.0 Å². The molecule has 136 valence electrons. The molecule has 1 N–H and O–H groups in total. The van der Waals surface area contributed by atoms with Gasteiger partial charge in [-0.15, -0.1) is 0 Å². The molecule has 0 fully saturated rings. The van der Waals surface area contributed by atoms with Crippen molar-refractivity contribution in [2.24, 2.45) is 5.92 Å². The minimum absolute atomic E-state index is 0.0327. The van der Waals surface area contributed by atoms with Crippen LogP contribution in [-0.4, -0.2) is 49.6 Å². The van der Waals surface area contributed by atoms with Crippen LogP contribution in [0, 0.1) is 11.7 Å². The van der Waals surface area contributed by atoms with Crippen LogP contribution in [0.3, 0.4) is 0 Å². The number of hydrogen-bond acceptors (Lipinski definition) is 2. The standard InChI is InChI=1S/C17H26Cl2FN3O/c1-11(2)10-23(7-6-22(4)5)17(24)21-12(3)13-8-16(20)15(19)9-14(13)18/h8-9,11-12H,6-7,10H2,1-5H3,(H,21,24). The summed E-state index contributed by atoms with van der Waals surface area (Å²) in [6.45, 7) is 7.92. The van der Waals surface area contributed by atoms with E-state index in [1.165, 1.54) is 12.1 Å². The van der Waals surface area contributed by atoms with Gasteiger partial charge in [-0.1, -0.05) is 37.0 Å². The van der Waals surface area contributed by atoms with Crippen molar-refractivity contribution in [3.05, 3.63) is 33.6 Å². The number of nitrogens with zero attached hydrogens (tertiary/aromatic N) is 2. The lowest BCUT2D eigenvalue weighted by molar-refractivity contribution is 0.181. The van der Waals surface area contributed by atoms with Gasteiger partial charge in [0.2, 0.25) is 0 Å². The van der Waals surface area contributed by atoms with Crippen LogP contribution in [0.1, 0.15) is 32.4 Å². The second-order valence-corrected chi connectivity index (χ2v) is 7.42. The number of rotatable bonds is 7. The van der Waals surface area contributed by atoms with E-state index in [1.807, 2.05) is 19.0 Å². The van der Waals surface area contributed by atoms with Gasteiger partial charge in [0.1, 0.15) is 5.82 Å². The van der Waals surface area contributed by atoms with Crippen LogP contribution in [0.15, 0.2) is 12.1 Å². The molecule has 1 rings (SSSR count). The second-order valence-electron chi connectivity index (χ2n) is 6.60. The van der Waals surface area contributed by atoms with Gasteiger partial charge in [-0.3, -0.25) is 0 Å². The SMILES string of the molecule is CC(C)CN(CCN(C)C)C(=O)NC(C)c1cc(F)c(Cl)cc1Cl. The number of carbonyl (C=O) groups is 1. The first-order valence-corrected chi connectivity index (χ1v) is 8.72. The Bertz CT molecular complexity index is 567. The molecule has 0 saturated carbocycles. The van der Waals surface area contributed by atoms with Crippen molar-refractivity contribution in [1.29, 1.82) is 0 Å². The van der Waals surface area contributed by atoms with Crippen molar-refractivity contribution in [3.8, 4) is 0 Å². The maximum Gasteiger partial charge on any atom is 0.317 e. The van der Waals surface area contributed by atoms with E-state index in [4.69, 9.17) is 23.2 Å². The van der Waals surface area contributed by atoms with Gasteiger partial charge in [0.15, 0.2) is 0 Å². The highest BCUT2D eigenvalue weighted by Gasteiger charge is 2.20. The third kappa shape index (κ3) is 6.46. The first-order valence-electron chi connectivity index (χ1n) is 7.96. The van der Waals surface area contributed by atoms with E-state index in [9.17, 15) is 9.18 Å². The van der Waals surface area contributed by atoms with Gasteiger partial charge < -0.3 is 15.1 Å². The molecule has 0 bridgehead atoms. The third-order valence-corrected chi connectivity index (χ3v) is 4.15. The molecule has 1 aromatic carbocycles. The second kappa shape index (κ2) is 9.44. The Morgan fingerprint density at radius 3 is 2.33 bits per heavy atom. The average Bonchev–Trinajstić information content (AvgIpc) is 2.46. The number of likely N-dealkylation sites (N-methyl/N-ethyl adjacent to an activating group) is 1. The molecule has 0 heterocycles. The summed E-state index contributed by atoms with van der Waals surface area (Å²) in [6.07, 6.45) is 0. The zero-order chi connectivity index (χ0) is 18.4. The summed E-state index contributed by atoms with van der Waals surface area (Å²) in [6, 6.07) is 2.01. The fraction of sp³-hybridized carbons (Fsp3) is 0.588. The predicted molar refractivity (Wildman–Crippen MR) is 98.3 cm³/mol. The molecule has 2 amide bonds. The van der Waals surface area contributed by atoms with Crippen LogP contribution in [-0.2, 0) is 0 Å². The molecule has 0 spiro atoms. The first kappa shape index (κ1) is 21.0. The zero-order valence-electron chi connectivity index (χ0n) is 14.9. The molecule has 7 heteroatoms. The van der Waals surface area contributed by atoms with Gasteiger partial charge in [-0.2, -0.15) is 0 Å². The minimum Gasteiger partial charge on any atom is -0.331 e. The van der Waals surface area contributed by atoms with E-state index in [1.54, 1.807) is 11.8 Å². The van der Waals surface area contributed by atoms with Gasteiger partial charge in [0.25, 0.3) is 0 Å². The van der Waals surface area contributed by atoms with E-state index in [2.05, 4.69) is 19.2 Å². The Morgan fingerprint density at radius 1 is 1.17 bits per heavy atom. The number of amides is 2. The smallest absolute Gasteiger partial charge is 0.317 e. The van der Waals surface area contributed by atoms with E-state index >= 15 is 0 Å². The van der Waals surface area contributed by atoms with Crippen molar-refractivity contribution >= 4 is 29.2 Å². The molecule has 0 aliphatic heterocycles. The Hall–Kier alpha value is -1.04. The summed E-state index contributed by atoms with van der Waals surface area (Å²) >= 11 is 11.8. The molecule has 1 unspecified atom stereocenters. The van der Waals surface area contributed by atoms with E-state index in [-0.39, 0.29) is 11.1 Å². The third-order valence-electron chi connectivity index (χ3n) is 3.54. The van der Waals surface area contributed by atoms with Crippen molar-refractivity contribution < 1.29 is 9.18 Å². The summed E-state index contributed by atoms with van der Waals surface area (Å²) in [4.78, 5) is 16.4. The summed E-state index contributed by atoms with van der Waals surface area (Å²) in [7, 11) is 3.93. The molecular weight excluding hydrogens is 352 g/mol. The van der Waals surface area contributed by atoms with Crippen molar-refractivity contribution in [2.45, 2.75) is 26.8 Å². The van der Waals surface area contributed by atoms with Crippen LogP contribution in [0.4, 0.5) is 9.18 Å². The summed E-state index contributed by atoms with van der Waals surface area (Å²) < 4.78 is 13.7. The largest absolute Gasteiger partial charge is 0.331 e. The number of urea groups is 1. The highest BCUT2D eigenvalue weighted by molar-refractivity contribution is 6.35. The van der Waals surface area contributed by atoms with Gasteiger partial charge in [0, 0.05) is 24.7 Å². The highest BCUT2D eigenvalue weighted by Crippen LogP contribution is 2.28. The zero-order valence-corrected chi connectivity index (χ0v) is 16.4. The van der Waals surface area contributed by atoms with E-state index < -0.39 is 11.9 Å². The molecule has 1 atom stereocenters. The summed E-state index contributed by atoms with van der Waals surface area (Å²) in [5, 5.41) is 3.19. The molecule has 0 radical (unpaired) electrons. The van der Waals surface area contributed by atoms with Crippen molar-refractivity contribution in [2.75, 3.05) is 33.7 Å². The Labute approximate surface area is 153 Å². The maximum absolute atomic E-state index is 13.7. The molecule has 0 saturated heterocycles. The van der Waals surface area contributed by atoms with Crippen molar-refractivity contribution in [1.82, 2.24) is 15.1 Å². The lowest BCUT2D eigenvalue weighted by Gasteiger charge is -2.28. The summed E-state index contributed by atoms with van der Waals surface area (Å²) in [5.74, 6) is -0.200. The fourth-order valence-electron chi connectivity index (χ4n) is 2.26. The molecule has 0 aliphatic rings. The first-order chi connectivity index (χ1) is 11.1. The van der Waals surface area contributed by atoms with Gasteiger partial charge in [-0.05, 0) is 44.6 Å². The Balaban J connectivity index is 2.83. The summed E-state index contributed by atoms with van der Waals surface area (Å²) in [5.41, 5.74) is 0.504. The van der Waals surface area contributed by atoms with Gasteiger partial charge in [0.05, 0.1) is 11.1 Å². The number of hydrogen-bond donors (Lipinski definition) is 1. The van der Waals surface area contributed by atoms with Crippen LogP contribution < -0.4 is 5.32 Å². The monoisotopic (exact) mass is 377 g/mol. The fourth-order valence-corrected chi connectivity index (χ4v) is 2.81. The topological polar surface area (TPSA) is 35.6 Å². The molecular formula is C17H26Cl2FN3O. The molecule has 0 aliphatic carbocycles. The number of halogens is 3. The molecule has 24 heavy (non-hydrogen) atoms. The molecule has 4 nitrogen and oxygen atoms in total. The van der Waals surface area contributed by atoms with Crippen LogP contribution >= 0.6 is 23.2 Å². The van der Waals surface area contributed by atoms with Crippen molar-refractivity contribution in [3.63, 3.8) is 0 Å². The van der Waals surface area contributed by atoms with E-state index in [0.29, 0.717) is 29.6 Å². The van der Waals surface area contributed by atoms with Gasteiger partial charge >= 0.3 is 6.03 Å². The number of carbonyl (C=O) groups excluding carboxylic acids is 1. The Kier molecular flexibility index (Phi) is 8.27. The number of nitrogens with one attached hydrogen (secondary N) is 1. The van der Waals surface area contributed by atoms with Crippen LogP contribution in [0.25, 0.3) is 0 Å². The average molecular weight is 378 g/mol. The normalized spacial score (nSPS) is 12.6. The van der Waals surface area contributed by atoms with Gasteiger partial charge in [-0.25, -0.2) is 9.18 Å². The predicted octanol–water partition coefficient (Wildman–Crippen LogP) is 4.42. The maximum atomic E-state index is 13.7.